The van der Waals surface area contributed by atoms with Crippen molar-refractivity contribution in [3.05, 3.63) is 41.7 Å². The summed E-state index contributed by atoms with van der Waals surface area (Å²) in [5, 5.41) is 7.11. The summed E-state index contributed by atoms with van der Waals surface area (Å²) in [5.41, 5.74) is 2.78. The average Bonchev–Trinajstić information content (AvgIpc) is 2.62. The van der Waals surface area contributed by atoms with Crippen LogP contribution in [0, 0.1) is 19.8 Å². The number of nitrogens with zero attached hydrogens (tertiary/aromatic N) is 2. The monoisotopic (exact) mass is 406 g/mol. The van der Waals surface area contributed by atoms with E-state index in [4.69, 9.17) is 0 Å². The van der Waals surface area contributed by atoms with Gasteiger partial charge >= 0.3 is 0 Å². The van der Waals surface area contributed by atoms with Crippen molar-refractivity contribution in [2.45, 2.75) is 49.6 Å². The number of carbonyl (C=O) groups is 1. The fourth-order valence-corrected chi connectivity index (χ4v) is 4.04. The Hall–Kier alpha value is -1.63. The van der Waals surface area contributed by atoms with Crippen molar-refractivity contribution in [1.82, 2.24) is 15.3 Å². The molecule has 2 aromatic rings. The van der Waals surface area contributed by atoms with Crippen molar-refractivity contribution in [2.24, 2.45) is 5.92 Å². The van der Waals surface area contributed by atoms with E-state index in [-0.39, 0.29) is 18.3 Å². The number of piperidine rings is 1. The van der Waals surface area contributed by atoms with Crippen LogP contribution in [0.25, 0.3) is 0 Å². The van der Waals surface area contributed by atoms with E-state index >= 15 is 0 Å². The van der Waals surface area contributed by atoms with Gasteiger partial charge in [-0.3, -0.25) is 4.79 Å². The Kier molecular flexibility index (Phi) is 8.54. The lowest BCUT2D eigenvalue weighted by atomic mass is 9.93. The van der Waals surface area contributed by atoms with Gasteiger partial charge in [-0.25, -0.2) is 9.97 Å². The van der Waals surface area contributed by atoms with E-state index in [0.29, 0.717) is 12.3 Å². The van der Waals surface area contributed by atoms with E-state index < -0.39 is 0 Å². The lowest BCUT2D eigenvalue weighted by molar-refractivity contribution is -0.116. The van der Waals surface area contributed by atoms with Gasteiger partial charge < -0.3 is 10.6 Å². The number of aryl methyl sites for hydroxylation is 2. The van der Waals surface area contributed by atoms with Gasteiger partial charge in [-0.15, -0.1) is 12.4 Å². The van der Waals surface area contributed by atoms with Crippen molar-refractivity contribution >= 4 is 35.8 Å². The molecule has 0 spiro atoms. The van der Waals surface area contributed by atoms with E-state index in [1.54, 1.807) is 0 Å². The van der Waals surface area contributed by atoms with Gasteiger partial charge in [0.1, 0.15) is 0 Å². The summed E-state index contributed by atoms with van der Waals surface area (Å²) in [6.07, 6.45) is 3.93. The van der Waals surface area contributed by atoms with Crippen LogP contribution in [0.5, 0.6) is 0 Å². The third kappa shape index (κ3) is 7.13. The molecule has 0 unspecified atom stereocenters. The van der Waals surface area contributed by atoms with E-state index in [1.165, 1.54) is 24.6 Å². The first-order chi connectivity index (χ1) is 12.6. The maximum atomic E-state index is 12.2. The topological polar surface area (TPSA) is 66.9 Å². The lowest BCUT2D eigenvalue weighted by Crippen LogP contribution is -2.28. The molecule has 1 fully saturated rings. The second-order valence-electron chi connectivity index (χ2n) is 6.84. The molecule has 1 amide bonds. The van der Waals surface area contributed by atoms with Gasteiger partial charge in [-0.1, -0.05) is 0 Å². The number of rotatable bonds is 6. The normalized spacial score (nSPS) is 14.4. The van der Waals surface area contributed by atoms with Crippen LogP contribution in [-0.4, -0.2) is 29.0 Å². The van der Waals surface area contributed by atoms with Crippen LogP contribution in [-0.2, 0) is 4.79 Å². The molecule has 1 aromatic heterocycles. The minimum atomic E-state index is 0. The molecule has 1 saturated heterocycles. The number of anilines is 1. The Balaban J connectivity index is 0.00000261. The zero-order valence-electron chi connectivity index (χ0n) is 15.8. The third-order valence-electron chi connectivity index (χ3n) is 4.55. The minimum absolute atomic E-state index is 0. The van der Waals surface area contributed by atoms with Gasteiger partial charge in [0, 0.05) is 28.4 Å². The number of hydrogen-bond acceptors (Lipinski definition) is 5. The molecule has 0 bridgehead atoms. The first kappa shape index (κ1) is 21.7. The van der Waals surface area contributed by atoms with Crippen molar-refractivity contribution in [3.63, 3.8) is 0 Å². The fraction of sp³-hybridized carbons (Fsp3) is 0.450. The van der Waals surface area contributed by atoms with Gasteiger partial charge in [0.2, 0.25) is 5.91 Å². The summed E-state index contributed by atoms with van der Waals surface area (Å²) in [6.45, 7) is 6.10. The largest absolute Gasteiger partial charge is 0.326 e. The van der Waals surface area contributed by atoms with Crippen molar-refractivity contribution in [2.75, 3.05) is 18.4 Å². The molecule has 0 atom stereocenters. The molecule has 2 heterocycles. The molecular weight excluding hydrogens is 380 g/mol. The molecular formula is C20H27ClN4OS. The Morgan fingerprint density at radius 1 is 1.15 bits per heavy atom. The number of nitrogens with one attached hydrogen (secondary N) is 2. The first-order valence-corrected chi connectivity index (χ1v) is 10.0. The summed E-state index contributed by atoms with van der Waals surface area (Å²) in [7, 11) is 0. The smallest absolute Gasteiger partial charge is 0.224 e. The Morgan fingerprint density at radius 3 is 2.41 bits per heavy atom. The highest BCUT2D eigenvalue weighted by molar-refractivity contribution is 7.99. The van der Waals surface area contributed by atoms with Gasteiger partial charge in [0.05, 0.1) is 0 Å². The molecule has 0 radical (unpaired) electrons. The average molecular weight is 407 g/mol. The SMILES string of the molecule is Cc1cc(C)nc(Sc2ccc(NC(=O)CCC3CCNCC3)cc2)n1.Cl. The summed E-state index contributed by atoms with van der Waals surface area (Å²) in [4.78, 5) is 22.1. The Bertz CT molecular complexity index is 728. The maximum Gasteiger partial charge on any atom is 0.224 e. The number of carbonyl (C=O) groups excluding carboxylic acids is 1. The molecule has 146 valence electrons. The van der Waals surface area contributed by atoms with Crippen molar-refractivity contribution in [1.29, 1.82) is 0 Å². The van der Waals surface area contributed by atoms with Crippen LogP contribution in [0.15, 0.2) is 40.4 Å². The van der Waals surface area contributed by atoms with Crippen molar-refractivity contribution in [3.8, 4) is 0 Å². The Labute approximate surface area is 171 Å². The number of halogens is 1. The molecule has 0 saturated carbocycles. The Morgan fingerprint density at radius 2 is 1.78 bits per heavy atom. The first-order valence-electron chi connectivity index (χ1n) is 9.19. The molecule has 1 aromatic carbocycles. The molecule has 3 rings (SSSR count). The van der Waals surface area contributed by atoms with Gasteiger partial charge in [0.25, 0.3) is 0 Å². The summed E-state index contributed by atoms with van der Waals surface area (Å²) >= 11 is 1.53. The molecule has 2 N–H and O–H groups in total. The van der Waals surface area contributed by atoms with Crippen LogP contribution in [0.1, 0.15) is 37.1 Å². The highest BCUT2D eigenvalue weighted by atomic mass is 35.5. The summed E-state index contributed by atoms with van der Waals surface area (Å²) < 4.78 is 0. The van der Waals surface area contributed by atoms with Crippen LogP contribution in [0.3, 0.4) is 0 Å². The second-order valence-corrected chi connectivity index (χ2v) is 7.88. The van der Waals surface area contributed by atoms with E-state index in [2.05, 4.69) is 20.6 Å². The minimum Gasteiger partial charge on any atom is -0.326 e. The predicted molar refractivity (Wildman–Crippen MR) is 113 cm³/mol. The van der Waals surface area contributed by atoms with Gasteiger partial charge in [0.15, 0.2) is 5.16 Å². The standard InChI is InChI=1S/C20H26N4OS.ClH/c1-14-13-15(2)23-20(22-14)26-18-6-4-17(5-7-18)24-19(25)8-3-16-9-11-21-12-10-16;/h4-7,13,16,21H,3,8-12H2,1-2H3,(H,24,25);1H. The lowest BCUT2D eigenvalue weighted by Gasteiger charge is -2.22. The molecule has 27 heavy (non-hydrogen) atoms. The van der Waals surface area contributed by atoms with Gasteiger partial charge in [-0.2, -0.15) is 0 Å². The number of hydrogen-bond donors (Lipinski definition) is 2. The molecule has 5 nitrogen and oxygen atoms in total. The molecule has 1 aliphatic heterocycles. The molecule has 1 aliphatic rings. The summed E-state index contributed by atoms with van der Waals surface area (Å²) in [5.74, 6) is 0.778. The van der Waals surface area contributed by atoms with Crippen molar-refractivity contribution < 1.29 is 4.79 Å². The van der Waals surface area contributed by atoms with E-state index in [1.807, 2.05) is 44.2 Å². The van der Waals surface area contributed by atoms with Crippen LogP contribution in [0.2, 0.25) is 0 Å². The fourth-order valence-electron chi connectivity index (χ4n) is 3.18. The predicted octanol–water partition coefficient (Wildman–Crippen LogP) is 4.38. The maximum absolute atomic E-state index is 12.2. The zero-order chi connectivity index (χ0) is 18.4. The van der Waals surface area contributed by atoms with E-state index in [9.17, 15) is 4.79 Å². The molecule has 0 aliphatic carbocycles. The molecule has 7 heteroatoms. The highest BCUT2D eigenvalue weighted by Gasteiger charge is 2.14. The summed E-state index contributed by atoms with van der Waals surface area (Å²) in [6, 6.07) is 9.83. The number of benzene rings is 1. The number of aromatic nitrogens is 2. The zero-order valence-corrected chi connectivity index (χ0v) is 17.5. The van der Waals surface area contributed by atoms with Crippen LogP contribution in [0.4, 0.5) is 5.69 Å². The quantitative estimate of drug-likeness (QED) is 0.696. The second kappa shape index (κ2) is 10.6. The van der Waals surface area contributed by atoms with Crippen LogP contribution < -0.4 is 10.6 Å². The van der Waals surface area contributed by atoms with Gasteiger partial charge in [-0.05, 0) is 94.2 Å². The third-order valence-corrected chi connectivity index (χ3v) is 5.42. The highest BCUT2D eigenvalue weighted by Crippen LogP contribution is 2.26. The number of amides is 1. The van der Waals surface area contributed by atoms with E-state index in [0.717, 1.165) is 46.6 Å². The van der Waals surface area contributed by atoms with Crippen LogP contribution >= 0.6 is 24.2 Å².